The van der Waals surface area contributed by atoms with Crippen LogP contribution in [0.1, 0.15) is 20.8 Å². The summed E-state index contributed by atoms with van der Waals surface area (Å²) in [5, 5.41) is 11.6. The van der Waals surface area contributed by atoms with Crippen LogP contribution >= 0.6 is 0 Å². The van der Waals surface area contributed by atoms with E-state index in [0.717, 1.165) is 6.29 Å². The number of rotatable bonds is 5. The van der Waals surface area contributed by atoms with Crippen LogP contribution in [0.15, 0.2) is 4.99 Å². The Kier molecular flexibility index (Phi) is 35.6. The number of methoxy groups -OCH3 is 1. The fourth-order valence-corrected chi connectivity index (χ4v) is 1.76. The number of carbonyl (C=O) groups excluding carboxylic acids is 5. The molecule has 0 unspecified atom stereocenters. The van der Waals surface area contributed by atoms with E-state index in [1.54, 1.807) is 42.3 Å². The molecule has 0 bridgehead atoms. The number of ether oxygens (including phenoxy) is 2. The van der Waals surface area contributed by atoms with Crippen molar-refractivity contribution in [2.75, 3.05) is 76.6 Å². The zero-order chi connectivity index (χ0) is 34.4. The van der Waals surface area contributed by atoms with Gasteiger partial charge in [0.05, 0.1) is 13.2 Å². The predicted octanol–water partition coefficient (Wildman–Crippen LogP) is -1.21. The number of nitrogens with zero attached hydrogens (tertiary/aromatic N) is 6. The summed E-state index contributed by atoms with van der Waals surface area (Å²) < 4.78 is 9.14. The lowest BCUT2D eigenvalue weighted by molar-refractivity contribution is -0.138. The minimum Gasteiger partial charge on any atom is -0.478 e. The molecule has 1 rings (SSSR count). The molecule has 42 heavy (non-hydrogen) atoms. The van der Waals surface area contributed by atoms with Crippen molar-refractivity contribution in [1.82, 2.24) is 20.0 Å². The second kappa shape index (κ2) is 31.4. The number of hydrogen-bond donors (Lipinski definition) is 3. The average Bonchev–Trinajstić information content (AvgIpc) is 3.34. The molecule has 0 spiro atoms. The predicted molar refractivity (Wildman–Crippen MR) is 160 cm³/mol. The first-order valence-electron chi connectivity index (χ1n) is 12.4. The summed E-state index contributed by atoms with van der Waals surface area (Å²) in [6, 6.07) is -1.14. The third-order valence-corrected chi connectivity index (χ3v) is 4.03. The normalized spacial score (nSPS) is 14.6. The number of hydrogen-bond acceptors (Lipinski definition) is 11. The van der Waals surface area contributed by atoms with E-state index >= 15 is 0 Å². The number of aliphatic hydroxyl groups excluding tert-OH is 1. The lowest BCUT2D eigenvalue weighted by Crippen LogP contribution is -2.46. The minimum absolute atomic E-state index is 0.00810. The molecule has 4 atom stereocenters. The molecule has 1 aliphatic heterocycles. The van der Waals surface area contributed by atoms with Gasteiger partial charge in [-0.15, -0.1) is 0 Å². The van der Waals surface area contributed by atoms with Crippen molar-refractivity contribution in [3.05, 3.63) is 22.8 Å². The molecule has 0 saturated carbocycles. The summed E-state index contributed by atoms with van der Waals surface area (Å²) in [6.07, 6.45) is 1.19. The highest BCUT2D eigenvalue weighted by molar-refractivity contribution is 5.84. The highest BCUT2D eigenvalue weighted by atomic mass is 16.5. The van der Waals surface area contributed by atoms with Crippen LogP contribution < -0.4 is 11.1 Å². The monoisotopic (exact) mass is 602 g/mol. The van der Waals surface area contributed by atoms with Gasteiger partial charge in [0, 0.05) is 42.3 Å². The minimum atomic E-state index is -0.796. The van der Waals surface area contributed by atoms with Crippen molar-refractivity contribution in [2.45, 2.75) is 45.1 Å². The summed E-state index contributed by atoms with van der Waals surface area (Å²) >= 11 is 0. The molecule has 0 saturated heterocycles. The van der Waals surface area contributed by atoms with Gasteiger partial charge >= 0.3 is 18.4 Å². The molecule has 0 aromatic rings. The molecule has 0 aromatic heterocycles. The Hall–Kier alpha value is -4.12. The van der Waals surface area contributed by atoms with E-state index in [1.165, 1.54) is 42.1 Å². The van der Waals surface area contributed by atoms with Gasteiger partial charge in [-0.25, -0.2) is 22.9 Å². The van der Waals surface area contributed by atoms with Crippen LogP contribution in [0, 0.1) is 13.1 Å². The number of aliphatic hydroxyl groups is 1. The zero-order valence-corrected chi connectivity index (χ0v) is 26.9. The summed E-state index contributed by atoms with van der Waals surface area (Å²) in [5.74, 6) is -0.878. The third kappa shape index (κ3) is 30.4. The second-order valence-corrected chi connectivity index (χ2v) is 8.50. The smallest absolute Gasteiger partial charge is 0.386 e. The largest absolute Gasteiger partial charge is 0.478 e. The SMILES string of the molecule is CC=O.CNC.C[C@H](O)[C@@H](N)C(=O)N(C)C.C[C@H]1OC=N[C@@H]1C(=O)N(C)C.[C-]#[N+]CC(=O)N(C)C.[C-]#[N+]CC(=O)OC. The van der Waals surface area contributed by atoms with Gasteiger partial charge in [0.2, 0.25) is 5.91 Å². The van der Waals surface area contributed by atoms with Crippen LogP contribution in [0.2, 0.25) is 0 Å². The topological polar surface area (TPSA) is 193 Å². The number of nitrogens with two attached hydrogens (primary N) is 1. The van der Waals surface area contributed by atoms with Crippen molar-refractivity contribution in [1.29, 1.82) is 0 Å². The van der Waals surface area contributed by atoms with E-state index in [2.05, 4.69) is 24.7 Å². The Labute approximate surface area is 250 Å². The maximum atomic E-state index is 11.3. The van der Waals surface area contributed by atoms with Crippen molar-refractivity contribution >= 4 is 36.4 Å². The van der Waals surface area contributed by atoms with E-state index in [4.69, 9.17) is 33.5 Å². The van der Waals surface area contributed by atoms with Gasteiger partial charge in [0.1, 0.15) is 18.4 Å². The van der Waals surface area contributed by atoms with Crippen LogP contribution in [0.5, 0.6) is 0 Å². The second-order valence-electron chi connectivity index (χ2n) is 8.50. The Morgan fingerprint density at radius 2 is 1.50 bits per heavy atom. The van der Waals surface area contributed by atoms with Crippen LogP contribution in [0.4, 0.5) is 0 Å². The maximum Gasteiger partial charge on any atom is 0.386 e. The van der Waals surface area contributed by atoms with Gasteiger partial charge in [-0.05, 0) is 34.9 Å². The van der Waals surface area contributed by atoms with Crippen molar-refractivity contribution in [3.8, 4) is 0 Å². The molecule has 1 aliphatic rings. The lowest BCUT2D eigenvalue weighted by Gasteiger charge is -2.18. The number of amides is 3. The van der Waals surface area contributed by atoms with Crippen LogP contribution in [-0.4, -0.2) is 157 Å². The highest BCUT2D eigenvalue weighted by Gasteiger charge is 2.29. The lowest BCUT2D eigenvalue weighted by atomic mass is 10.2. The van der Waals surface area contributed by atoms with Gasteiger partial charge in [-0.3, -0.25) is 14.4 Å². The summed E-state index contributed by atoms with van der Waals surface area (Å²) in [4.78, 5) is 65.3. The molecular formula is C26H50N8O8. The van der Waals surface area contributed by atoms with E-state index in [-0.39, 0.29) is 43.0 Å². The van der Waals surface area contributed by atoms with E-state index in [1.807, 2.05) is 21.0 Å². The molecule has 242 valence electrons. The number of aliphatic imine (C=N–C) groups is 1. The highest BCUT2D eigenvalue weighted by Crippen LogP contribution is 2.10. The van der Waals surface area contributed by atoms with E-state index < -0.39 is 18.1 Å². The third-order valence-electron chi connectivity index (χ3n) is 4.03. The average molecular weight is 603 g/mol. The maximum absolute atomic E-state index is 11.3. The Bertz CT molecular complexity index is 865. The number of likely N-dealkylation sites (N-methyl/N-ethyl adjacent to an activating group) is 3. The fourth-order valence-electron chi connectivity index (χ4n) is 1.76. The molecule has 16 heteroatoms. The first kappa shape index (κ1) is 47.7. The molecule has 16 nitrogen and oxygen atoms in total. The molecule has 4 N–H and O–H groups in total. The quantitative estimate of drug-likeness (QED) is 0.195. The van der Waals surface area contributed by atoms with Crippen molar-refractivity contribution in [2.24, 2.45) is 10.7 Å². The van der Waals surface area contributed by atoms with Gasteiger partial charge in [0.15, 0.2) is 12.4 Å². The number of aldehydes is 1. The van der Waals surface area contributed by atoms with Crippen LogP contribution in [0.3, 0.4) is 0 Å². The van der Waals surface area contributed by atoms with Gasteiger partial charge in [-0.2, -0.15) is 0 Å². The molecular weight excluding hydrogens is 552 g/mol. The summed E-state index contributed by atoms with van der Waals surface area (Å²) in [7, 11) is 14.9. The van der Waals surface area contributed by atoms with Crippen LogP contribution in [-0.2, 0) is 33.4 Å². The molecule has 0 aromatic carbocycles. The first-order valence-corrected chi connectivity index (χ1v) is 12.4. The molecule has 0 fully saturated rings. The molecule has 3 amide bonds. The molecule has 1 heterocycles. The fraction of sp³-hybridized carbons (Fsp3) is 0.692. The summed E-state index contributed by atoms with van der Waals surface area (Å²) in [6.45, 7) is 17.0. The number of esters is 1. The van der Waals surface area contributed by atoms with Gasteiger partial charge in [-0.1, -0.05) is 0 Å². The van der Waals surface area contributed by atoms with E-state index in [0.29, 0.717) is 0 Å². The van der Waals surface area contributed by atoms with Crippen molar-refractivity contribution < 1.29 is 38.6 Å². The van der Waals surface area contributed by atoms with Gasteiger partial charge in [0.25, 0.3) is 12.5 Å². The van der Waals surface area contributed by atoms with Gasteiger partial charge < -0.3 is 54.8 Å². The molecule has 0 aliphatic carbocycles. The standard InChI is InChI=1S/C7H12N2O2.C6H14N2O2.C5H8N2O.C4H5NO2.C2H7N.C2H4O/c1-5-6(8-4-11-5)7(10)9(2)3;1-4(9)5(7)6(10)8(2)3;1-6-4-5(8)7(2)3;1-5-3-4(6)7-2;1-3-2;1-2-3/h4-6H,1-3H3;4-5,9H,7H2,1-3H3;4H2,2-3H3;3H2,2H3;3H,1-2H3;2H,1H3/t5-,6+;4-,5+;;;;/m10..../s1. The Balaban J connectivity index is -0.000000138. The number of nitrogens with one attached hydrogen (secondary N) is 1. The Morgan fingerprint density at radius 1 is 1.07 bits per heavy atom. The van der Waals surface area contributed by atoms with Crippen molar-refractivity contribution in [3.63, 3.8) is 0 Å². The van der Waals surface area contributed by atoms with Crippen LogP contribution in [0.25, 0.3) is 9.69 Å². The molecule has 0 radical (unpaired) electrons. The Morgan fingerprint density at radius 3 is 1.67 bits per heavy atom. The summed E-state index contributed by atoms with van der Waals surface area (Å²) in [5.41, 5.74) is 5.32. The number of carbonyl (C=O) groups is 5. The van der Waals surface area contributed by atoms with E-state index in [9.17, 15) is 19.2 Å². The zero-order valence-electron chi connectivity index (χ0n) is 26.9. The first-order chi connectivity index (χ1) is 19.4.